The van der Waals surface area contributed by atoms with Gasteiger partial charge in [0, 0.05) is 19.6 Å². The Hall–Kier alpha value is -0.700. The van der Waals surface area contributed by atoms with Gasteiger partial charge in [-0.1, -0.05) is 26.3 Å². The molecule has 3 heteroatoms. The molecule has 2 nitrogen and oxygen atoms in total. The van der Waals surface area contributed by atoms with Gasteiger partial charge in [0.2, 0.25) is 0 Å². The highest BCUT2D eigenvalue weighted by Crippen LogP contribution is 2.39. The topological polar surface area (TPSA) is 15.6 Å². The average molecular weight is 256 g/mol. The first kappa shape index (κ1) is 17.3. The van der Waals surface area contributed by atoms with Crippen molar-refractivity contribution in [2.75, 3.05) is 13.6 Å². The van der Waals surface area contributed by atoms with Gasteiger partial charge in [0.25, 0.3) is 0 Å². The molecule has 0 N–H and O–H groups in total. The lowest BCUT2D eigenvalue weighted by Gasteiger charge is -2.39. The zero-order valence-electron chi connectivity index (χ0n) is 12.5. The minimum Gasteiger partial charge on any atom is -0.298 e. The van der Waals surface area contributed by atoms with Crippen LogP contribution in [0.2, 0.25) is 0 Å². The highest BCUT2D eigenvalue weighted by molar-refractivity contribution is 5.24. The molecule has 0 heterocycles. The number of aliphatic imine (C=N–C) groups is 1. The van der Waals surface area contributed by atoms with Crippen LogP contribution in [0.1, 0.15) is 46.5 Å². The maximum Gasteiger partial charge on any atom is 0.0469 e. The molecule has 0 aromatic heterocycles. The summed E-state index contributed by atoms with van der Waals surface area (Å²) in [5.41, 5.74) is 0.101. The number of allylic oxidation sites excluding steroid dienone is 1. The third-order valence-corrected chi connectivity index (χ3v) is 4.06. The van der Waals surface area contributed by atoms with E-state index < -0.39 is 0 Å². The van der Waals surface area contributed by atoms with Gasteiger partial charge in [0.05, 0.1) is 0 Å². The van der Waals surface area contributed by atoms with Gasteiger partial charge in [-0.15, -0.1) is 16.2 Å². The molecule has 3 unspecified atom stereocenters. The third-order valence-electron chi connectivity index (χ3n) is 4.06. The quantitative estimate of drug-likeness (QED) is 0.323. The van der Waals surface area contributed by atoms with E-state index in [4.69, 9.17) is 0 Å². The Morgan fingerprint density at radius 2 is 2.11 bits per heavy atom. The Morgan fingerprint density at radius 3 is 2.50 bits per heavy atom. The van der Waals surface area contributed by atoms with Crippen molar-refractivity contribution in [1.29, 1.82) is 0 Å². The van der Waals surface area contributed by atoms with Crippen LogP contribution in [0.15, 0.2) is 17.6 Å². The normalized spacial score (nSPS) is 18.1. The van der Waals surface area contributed by atoms with Gasteiger partial charge in [-0.05, 0) is 44.2 Å². The second-order valence-electron chi connectivity index (χ2n) is 5.59. The van der Waals surface area contributed by atoms with E-state index in [0.29, 0.717) is 12.5 Å². The summed E-state index contributed by atoms with van der Waals surface area (Å²) in [5.74, 6) is 0.319. The molecule has 18 heavy (non-hydrogen) atoms. The lowest BCUT2D eigenvalue weighted by atomic mass is 9.69. The maximum absolute atomic E-state index is 13.2. The fourth-order valence-electron chi connectivity index (χ4n) is 2.62. The summed E-state index contributed by atoms with van der Waals surface area (Å²) >= 11 is 0. The monoisotopic (exact) mass is 256 g/mol. The van der Waals surface area contributed by atoms with Gasteiger partial charge in [-0.2, -0.15) is 0 Å². The molecule has 0 aliphatic carbocycles. The molecular weight excluding hydrogens is 227 g/mol. The lowest BCUT2D eigenvalue weighted by Crippen LogP contribution is -2.35. The van der Waals surface area contributed by atoms with E-state index in [1.807, 2.05) is 6.08 Å². The number of hydrogen-bond acceptors (Lipinski definition) is 2. The summed E-state index contributed by atoms with van der Waals surface area (Å²) in [5, 5.41) is 0.799. The van der Waals surface area contributed by atoms with Crippen LogP contribution < -0.4 is 0 Å². The molecule has 0 saturated carbocycles. The van der Waals surface area contributed by atoms with Crippen LogP contribution in [0.4, 0.5) is 4.48 Å². The van der Waals surface area contributed by atoms with Crippen molar-refractivity contribution < 1.29 is 4.48 Å². The van der Waals surface area contributed by atoms with Gasteiger partial charge in [-0.25, -0.2) is 0 Å². The number of halogens is 1. The molecule has 0 spiro atoms. The standard InChI is InChI=1S/C15H29FN2/c1-7-9-10-14(12-18(6)16)15(4,8-2)11-13(3)17-5/h7,13-14H,1,5,8-12H2,2-4,6H3. The van der Waals surface area contributed by atoms with E-state index in [2.05, 4.69) is 39.1 Å². The van der Waals surface area contributed by atoms with Gasteiger partial charge in [0.15, 0.2) is 0 Å². The van der Waals surface area contributed by atoms with Crippen LogP contribution in [0, 0.1) is 11.3 Å². The van der Waals surface area contributed by atoms with Gasteiger partial charge >= 0.3 is 0 Å². The molecule has 0 radical (unpaired) electrons. The van der Waals surface area contributed by atoms with Crippen LogP contribution in [0.25, 0.3) is 0 Å². The van der Waals surface area contributed by atoms with E-state index in [1.165, 1.54) is 7.05 Å². The molecule has 0 aliphatic rings. The van der Waals surface area contributed by atoms with Gasteiger partial charge in [-0.3, -0.25) is 4.99 Å². The van der Waals surface area contributed by atoms with Crippen LogP contribution in [0.3, 0.4) is 0 Å². The largest absolute Gasteiger partial charge is 0.298 e. The van der Waals surface area contributed by atoms with E-state index in [0.717, 1.165) is 30.8 Å². The van der Waals surface area contributed by atoms with Crippen molar-refractivity contribution in [1.82, 2.24) is 5.12 Å². The molecule has 106 valence electrons. The summed E-state index contributed by atoms with van der Waals surface area (Å²) in [6.07, 6.45) is 5.82. The minimum atomic E-state index is 0.101. The van der Waals surface area contributed by atoms with Crippen LogP contribution in [0.5, 0.6) is 0 Å². The summed E-state index contributed by atoms with van der Waals surface area (Å²) in [7, 11) is 1.49. The Kier molecular flexibility index (Phi) is 8.08. The number of nitrogens with zero attached hydrogens (tertiary/aromatic N) is 2. The zero-order chi connectivity index (χ0) is 14.2. The summed E-state index contributed by atoms with van der Waals surface area (Å²) in [6, 6.07) is 0.228. The van der Waals surface area contributed by atoms with Crippen molar-refractivity contribution in [3.05, 3.63) is 12.7 Å². The summed E-state index contributed by atoms with van der Waals surface area (Å²) in [6.45, 7) is 14.3. The van der Waals surface area contributed by atoms with Crippen LogP contribution in [-0.4, -0.2) is 31.5 Å². The molecule has 0 aromatic carbocycles. The first-order valence-electron chi connectivity index (χ1n) is 6.83. The Bertz CT molecular complexity index is 253. The Balaban J connectivity index is 4.84. The minimum absolute atomic E-state index is 0.101. The molecule has 0 aromatic rings. The number of hydrogen-bond donors (Lipinski definition) is 0. The van der Waals surface area contributed by atoms with Gasteiger partial charge in [0.1, 0.15) is 0 Å². The molecule has 0 saturated heterocycles. The smallest absolute Gasteiger partial charge is 0.0469 e. The fourth-order valence-corrected chi connectivity index (χ4v) is 2.62. The molecule has 0 amide bonds. The summed E-state index contributed by atoms with van der Waals surface area (Å²) in [4.78, 5) is 4.09. The third kappa shape index (κ3) is 5.76. The van der Waals surface area contributed by atoms with Crippen molar-refractivity contribution in [3.63, 3.8) is 0 Å². The molecule has 0 rings (SSSR count). The van der Waals surface area contributed by atoms with Gasteiger partial charge < -0.3 is 0 Å². The SMILES string of the molecule is C=CCCC(CN(C)F)C(C)(CC)CC(C)N=C. The fraction of sp³-hybridized carbons (Fsp3) is 0.800. The molecule has 0 aliphatic heterocycles. The second kappa shape index (κ2) is 8.41. The zero-order valence-corrected chi connectivity index (χ0v) is 12.5. The van der Waals surface area contributed by atoms with E-state index in [1.54, 1.807) is 0 Å². The van der Waals surface area contributed by atoms with Crippen molar-refractivity contribution in [2.45, 2.75) is 52.5 Å². The van der Waals surface area contributed by atoms with E-state index in [-0.39, 0.29) is 11.5 Å². The highest BCUT2D eigenvalue weighted by Gasteiger charge is 2.34. The van der Waals surface area contributed by atoms with Crippen molar-refractivity contribution >= 4 is 6.72 Å². The molecule has 3 atom stereocenters. The van der Waals surface area contributed by atoms with Crippen LogP contribution in [-0.2, 0) is 0 Å². The lowest BCUT2D eigenvalue weighted by molar-refractivity contribution is 0.00135. The van der Waals surface area contributed by atoms with Crippen LogP contribution >= 0.6 is 0 Å². The van der Waals surface area contributed by atoms with E-state index in [9.17, 15) is 4.48 Å². The highest BCUT2D eigenvalue weighted by atomic mass is 19.2. The first-order valence-corrected chi connectivity index (χ1v) is 6.83. The Labute approximate surface area is 112 Å². The summed E-state index contributed by atoms with van der Waals surface area (Å²) < 4.78 is 13.2. The predicted octanol–water partition coefficient (Wildman–Crippen LogP) is 4.28. The predicted molar refractivity (Wildman–Crippen MR) is 78.7 cm³/mol. The maximum atomic E-state index is 13.2. The molecule has 0 bridgehead atoms. The van der Waals surface area contributed by atoms with Crippen molar-refractivity contribution in [2.24, 2.45) is 16.3 Å². The first-order chi connectivity index (χ1) is 8.39. The van der Waals surface area contributed by atoms with E-state index >= 15 is 0 Å². The molecule has 0 fully saturated rings. The van der Waals surface area contributed by atoms with Crippen molar-refractivity contribution in [3.8, 4) is 0 Å². The average Bonchev–Trinajstić information content (AvgIpc) is 2.33. The molecular formula is C15H29FN2. The Morgan fingerprint density at radius 1 is 1.50 bits per heavy atom. The second-order valence-corrected chi connectivity index (χ2v) is 5.59. The number of rotatable bonds is 10.